The molecule has 0 atom stereocenters. The molecule has 2 heteroatoms. The number of carbonyl (C=O) groups is 1. The van der Waals surface area contributed by atoms with Crippen LogP contribution < -0.4 is 0 Å². The lowest BCUT2D eigenvalue weighted by Crippen LogP contribution is -2.13. The molecule has 0 aliphatic rings. The Morgan fingerprint density at radius 1 is 1.23 bits per heavy atom. The molecule has 1 rings (SSSR count). The Balaban J connectivity index is 2.75. The van der Waals surface area contributed by atoms with Gasteiger partial charge in [-0.05, 0) is 17.7 Å². The van der Waals surface area contributed by atoms with Crippen molar-refractivity contribution in [2.24, 2.45) is 5.41 Å². The molecule has 0 unspecified atom stereocenters. The molecule has 1 aromatic carbocycles. The summed E-state index contributed by atoms with van der Waals surface area (Å²) in [6, 6.07) is 6.07. The number of hydrogen-bond donors (Lipinski definition) is 0. The van der Waals surface area contributed by atoms with E-state index in [0.717, 1.165) is 11.8 Å². The second-order valence-corrected chi connectivity index (χ2v) is 3.64. The van der Waals surface area contributed by atoms with Gasteiger partial charge in [-0.3, -0.25) is 0 Å². The Hall–Kier alpha value is -1.18. The van der Waals surface area contributed by atoms with Crippen LogP contribution in [0.1, 0.15) is 19.4 Å². The highest BCUT2D eigenvalue weighted by molar-refractivity contribution is 5.62. The number of carbonyl (C=O) groups excluding carboxylic acids is 1. The van der Waals surface area contributed by atoms with Crippen LogP contribution in [-0.2, 0) is 4.79 Å². The van der Waals surface area contributed by atoms with Crippen LogP contribution in [0.15, 0.2) is 24.3 Å². The maximum Gasteiger partial charge on any atom is 0.126 e. The zero-order valence-corrected chi connectivity index (χ0v) is 7.75. The molecule has 0 saturated heterocycles. The molecule has 0 aliphatic carbocycles. The molecule has 0 aliphatic heterocycles. The Morgan fingerprint density at radius 2 is 1.77 bits per heavy atom. The van der Waals surface area contributed by atoms with Gasteiger partial charge >= 0.3 is 0 Å². The van der Waals surface area contributed by atoms with E-state index in [0.29, 0.717) is 0 Å². The summed E-state index contributed by atoms with van der Waals surface area (Å²) in [5.74, 6) is -0.263. The minimum atomic E-state index is -0.488. The van der Waals surface area contributed by atoms with Crippen LogP contribution in [0.4, 0.5) is 4.39 Å². The summed E-state index contributed by atoms with van der Waals surface area (Å²) in [7, 11) is 0. The first-order chi connectivity index (χ1) is 6.03. The molecule has 0 saturated carbocycles. The highest BCUT2D eigenvalue weighted by Crippen LogP contribution is 2.21. The molecule has 69 valence electrons. The van der Waals surface area contributed by atoms with Crippen molar-refractivity contribution in [2.45, 2.75) is 13.8 Å². The van der Waals surface area contributed by atoms with E-state index >= 15 is 0 Å². The van der Waals surface area contributed by atoms with Gasteiger partial charge in [0.15, 0.2) is 0 Å². The predicted octanol–water partition coefficient (Wildman–Crippen LogP) is 2.60. The molecule has 13 heavy (non-hydrogen) atoms. The molecular formula is C11H12FO. The van der Waals surface area contributed by atoms with Crippen LogP contribution in [0.25, 0.3) is 0 Å². The Kier molecular flexibility index (Phi) is 2.81. The van der Waals surface area contributed by atoms with Crippen molar-refractivity contribution in [1.82, 2.24) is 0 Å². The van der Waals surface area contributed by atoms with Gasteiger partial charge < -0.3 is 4.79 Å². The summed E-state index contributed by atoms with van der Waals surface area (Å²) in [4.78, 5) is 10.6. The van der Waals surface area contributed by atoms with Crippen LogP contribution in [0.5, 0.6) is 0 Å². The zero-order valence-electron chi connectivity index (χ0n) is 7.75. The van der Waals surface area contributed by atoms with Gasteiger partial charge in [0.05, 0.1) is 0 Å². The van der Waals surface area contributed by atoms with E-state index in [-0.39, 0.29) is 5.82 Å². The second-order valence-electron chi connectivity index (χ2n) is 3.64. The van der Waals surface area contributed by atoms with Gasteiger partial charge in [-0.1, -0.05) is 26.0 Å². The van der Waals surface area contributed by atoms with E-state index in [1.165, 1.54) is 12.1 Å². The van der Waals surface area contributed by atoms with Crippen LogP contribution in [0.2, 0.25) is 0 Å². The third-order valence-electron chi connectivity index (χ3n) is 1.71. The summed E-state index contributed by atoms with van der Waals surface area (Å²) in [6.07, 6.45) is 2.68. The fourth-order valence-electron chi connectivity index (χ4n) is 1.02. The van der Waals surface area contributed by atoms with Crippen molar-refractivity contribution in [3.8, 4) is 0 Å². The minimum Gasteiger partial charge on any atom is -0.303 e. The fourth-order valence-corrected chi connectivity index (χ4v) is 1.02. The molecule has 1 nitrogen and oxygen atoms in total. The molecule has 0 N–H and O–H groups in total. The summed E-state index contributed by atoms with van der Waals surface area (Å²) in [6.45, 7) is 3.62. The van der Waals surface area contributed by atoms with Crippen LogP contribution in [0.3, 0.4) is 0 Å². The maximum atomic E-state index is 12.5. The quantitative estimate of drug-likeness (QED) is 0.652. The third-order valence-corrected chi connectivity index (χ3v) is 1.71. The number of benzene rings is 1. The van der Waals surface area contributed by atoms with Gasteiger partial charge in [-0.25, -0.2) is 4.39 Å². The first kappa shape index (κ1) is 9.90. The normalized spacial score (nSPS) is 11.3. The highest BCUT2D eigenvalue weighted by atomic mass is 19.1. The molecule has 0 fully saturated rings. The van der Waals surface area contributed by atoms with Gasteiger partial charge in [-0.2, -0.15) is 0 Å². The highest BCUT2D eigenvalue weighted by Gasteiger charge is 2.17. The van der Waals surface area contributed by atoms with E-state index in [9.17, 15) is 9.18 Å². The lowest BCUT2D eigenvalue weighted by Gasteiger charge is -2.15. The first-order valence-corrected chi connectivity index (χ1v) is 4.11. The number of halogens is 1. The van der Waals surface area contributed by atoms with E-state index < -0.39 is 5.41 Å². The molecule has 0 spiro atoms. The number of rotatable bonds is 3. The average molecular weight is 179 g/mol. The van der Waals surface area contributed by atoms with Crippen LogP contribution in [0, 0.1) is 17.7 Å². The number of hydrogen-bond acceptors (Lipinski definition) is 1. The predicted molar refractivity (Wildman–Crippen MR) is 49.6 cm³/mol. The monoisotopic (exact) mass is 179 g/mol. The summed E-state index contributed by atoms with van der Waals surface area (Å²) >= 11 is 0. The number of aldehydes is 1. The molecular weight excluding hydrogens is 167 g/mol. The summed E-state index contributed by atoms with van der Waals surface area (Å²) in [5, 5.41) is 0. The van der Waals surface area contributed by atoms with Gasteiger partial charge in [0.2, 0.25) is 0 Å². The van der Waals surface area contributed by atoms with Crippen molar-refractivity contribution >= 4 is 6.29 Å². The topological polar surface area (TPSA) is 17.1 Å². The van der Waals surface area contributed by atoms with Crippen molar-refractivity contribution in [3.05, 3.63) is 42.1 Å². The smallest absolute Gasteiger partial charge is 0.126 e. The van der Waals surface area contributed by atoms with Crippen LogP contribution in [-0.4, -0.2) is 6.29 Å². The molecule has 0 amide bonds. The Bertz CT molecular complexity index is 287. The molecule has 0 aromatic heterocycles. The third kappa shape index (κ3) is 2.98. The zero-order chi connectivity index (χ0) is 9.90. The summed E-state index contributed by atoms with van der Waals surface area (Å²) in [5.41, 5.74) is 0.371. The van der Waals surface area contributed by atoms with Gasteiger partial charge in [0.25, 0.3) is 0 Å². The molecule has 0 bridgehead atoms. The SMILES string of the molecule is CC(C)([CH]c1ccc(F)cc1)C=O. The first-order valence-electron chi connectivity index (χ1n) is 4.11. The van der Waals surface area contributed by atoms with Crippen molar-refractivity contribution in [3.63, 3.8) is 0 Å². The van der Waals surface area contributed by atoms with Crippen LogP contribution >= 0.6 is 0 Å². The van der Waals surface area contributed by atoms with Crippen molar-refractivity contribution in [1.29, 1.82) is 0 Å². The molecule has 0 heterocycles. The lowest BCUT2D eigenvalue weighted by molar-refractivity contribution is -0.113. The largest absolute Gasteiger partial charge is 0.303 e. The lowest BCUT2D eigenvalue weighted by atomic mass is 9.87. The second kappa shape index (κ2) is 3.69. The van der Waals surface area contributed by atoms with Gasteiger partial charge in [0.1, 0.15) is 12.1 Å². The Labute approximate surface area is 77.6 Å². The van der Waals surface area contributed by atoms with Crippen molar-refractivity contribution in [2.75, 3.05) is 0 Å². The molecule has 1 radical (unpaired) electrons. The van der Waals surface area contributed by atoms with Gasteiger partial charge in [0, 0.05) is 11.8 Å². The van der Waals surface area contributed by atoms with Gasteiger partial charge in [-0.15, -0.1) is 0 Å². The maximum absolute atomic E-state index is 12.5. The van der Waals surface area contributed by atoms with E-state index in [1.807, 2.05) is 13.8 Å². The fraction of sp³-hybridized carbons (Fsp3) is 0.273. The standard InChI is InChI=1S/C11H12FO/c1-11(2,8-13)7-9-3-5-10(12)6-4-9/h3-8H,1-2H3. The van der Waals surface area contributed by atoms with E-state index in [4.69, 9.17) is 0 Å². The summed E-state index contributed by atoms with van der Waals surface area (Å²) < 4.78 is 12.5. The molecule has 1 aromatic rings. The van der Waals surface area contributed by atoms with E-state index in [2.05, 4.69) is 0 Å². The Morgan fingerprint density at radius 3 is 2.23 bits per heavy atom. The van der Waals surface area contributed by atoms with Crippen molar-refractivity contribution < 1.29 is 9.18 Å². The van der Waals surface area contributed by atoms with E-state index in [1.54, 1.807) is 18.6 Å². The minimum absolute atomic E-state index is 0.263. The average Bonchev–Trinajstić information content (AvgIpc) is 2.09.